The molecule has 2 aliphatic rings. The van der Waals surface area contributed by atoms with E-state index in [2.05, 4.69) is 37.0 Å². The van der Waals surface area contributed by atoms with E-state index in [0.29, 0.717) is 37.9 Å². The molecule has 0 radical (unpaired) electrons. The van der Waals surface area contributed by atoms with E-state index in [4.69, 9.17) is 9.47 Å². The Morgan fingerprint density at radius 2 is 2.16 bits per heavy atom. The van der Waals surface area contributed by atoms with Gasteiger partial charge in [0.25, 0.3) is 0 Å². The van der Waals surface area contributed by atoms with Crippen molar-refractivity contribution in [3.63, 3.8) is 0 Å². The third-order valence-corrected chi connectivity index (χ3v) is 4.47. The predicted octanol–water partition coefficient (Wildman–Crippen LogP) is 2.37. The van der Waals surface area contributed by atoms with Crippen LogP contribution in [0.1, 0.15) is 24.2 Å². The van der Waals surface area contributed by atoms with E-state index in [1.54, 1.807) is 12.1 Å². The van der Waals surface area contributed by atoms with E-state index < -0.39 is 0 Å². The molecule has 0 saturated carbocycles. The molecule has 6 heteroatoms. The Morgan fingerprint density at radius 3 is 2.88 bits per heavy atom. The van der Waals surface area contributed by atoms with E-state index in [1.165, 1.54) is 11.8 Å². The van der Waals surface area contributed by atoms with Gasteiger partial charge in [-0.3, -0.25) is 4.79 Å². The second-order valence-electron chi connectivity index (χ2n) is 6.54. The van der Waals surface area contributed by atoms with Gasteiger partial charge >= 0.3 is 0 Å². The molecule has 0 bridgehead atoms. The number of rotatable bonds is 6. The highest BCUT2D eigenvalue weighted by Crippen LogP contribution is 2.31. The molecule has 0 saturated heterocycles. The first-order valence-corrected chi connectivity index (χ1v) is 8.42. The number of nitrogens with zero attached hydrogens (tertiary/aromatic N) is 2. The normalized spacial score (nSPS) is 18.2. The monoisotopic (exact) mass is 344 g/mol. The number of aldehydes is 1. The highest BCUT2D eigenvalue weighted by molar-refractivity contribution is 5.83. The predicted molar refractivity (Wildman–Crippen MR) is 94.5 cm³/mol. The molecule has 0 atom stereocenters. The number of carbonyl (C=O) groups is 1. The molecule has 2 heterocycles. The quantitative estimate of drug-likeness (QED) is 0.800. The van der Waals surface area contributed by atoms with Crippen molar-refractivity contribution in [3.8, 4) is 11.5 Å². The summed E-state index contributed by atoms with van der Waals surface area (Å²) in [7, 11) is 2.07. The van der Waals surface area contributed by atoms with Crippen LogP contribution in [-0.4, -0.2) is 60.9 Å². The second-order valence-corrected chi connectivity index (χ2v) is 6.54. The van der Waals surface area contributed by atoms with Gasteiger partial charge in [-0.2, -0.15) is 0 Å². The largest absolute Gasteiger partial charge is 0.507 e. The molecule has 2 aliphatic heterocycles. The number of benzene rings is 1. The average molecular weight is 344 g/mol. The summed E-state index contributed by atoms with van der Waals surface area (Å²) >= 11 is 0. The second kappa shape index (κ2) is 7.29. The maximum atomic E-state index is 11.2. The van der Waals surface area contributed by atoms with Crippen molar-refractivity contribution in [1.29, 1.82) is 0 Å². The first-order valence-electron chi connectivity index (χ1n) is 8.42. The molecular formula is C19H24N2O4. The van der Waals surface area contributed by atoms with Gasteiger partial charge in [0.15, 0.2) is 6.29 Å². The number of likely N-dealkylation sites (N-methyl/N-ethyl adjacent to an activating group) is 1. The van der Waals surface area contributed by atoms with Gasteiger partial charge in [-0.15, -0.1) is 0 Å². The van der Waals surface area contributed by atoms with Crippen molar-refractivity contribution in [1.82, 2.24) is 10.0 Å². The van der Waals surface area contributed by atoms with Gasteiger partial charge in [-0.25, -0.2) is 5.01 Å². The van der Waals surface area contributed by atoms with Gasteiger partial charge in [0.1, 0.15) is 18.1 Å². The van der Waals surface area contributed by atoms with E-state index in [1.807, 2.05) is 0 Å². The number of phenols is 1. The maximum absolute atomic E-state index is 11.2. The van der Waals surface area contributed by atoms with Crippen molar-refractivity contribution in [3.05, 3.63) is 46.7 Å². The van der Waals surface area contributed by atoms with Crippen LogP contribution in [0.15, 0.2) is 41.1 Å². The summed E-state index contributed by atoms with van der Waals surface area (Å²) in [5.74, 6) is 0.308. The summed E-state index contributed by atoms with van der Waals surface area (Å²) in [4.78, 5) is 11.2. The third kappa shape index (κ3) is 3.41. The summed E-state index contributed by atoms with van der Waals surface area (Å²) in [6, 6.07) is 5.16. The first-order chi connectivity index (χ1) is 12.0. The van der Waals surface area contributed by atoms with Gasteiger partial charge in [-0.1, -0.05) is 6.07 Å². The van der Waals surface area contributed by atoms with Crippen LogP contribution >= 0.6 is 0 Å². The molecule has 1 N–H and O–H groups in total. The molecule has 3 rings (SSSR count). The maximum Gasteiger partial charge on any atom is 0.157 e. The summed E-state index contributed by atoms with van der Waals surface area (Å²) in [5.41, 5.74) is 3.55. The van der Waals surface area contributed by atoms with E-state index in [0.717, 1.165) is 17.7 Å². The SMILES string of the molecule is CC(C)N1C(C2=C(COc3cccc(O)c3C=O)COC2)=CCN1C. The van der Waals surface area contributed by atoms with E-state index in [-0.39, 0.29) is 11.3 Å². The Balaban J connectivity index is 1.81. The van der Waals surface area contributed by atoms with Crippen molar-refractivity contribution < 1.29 is 19.4 Å². The molecule has 0 fully saturated rings. The summed E-state index contributed by atoms with van der Waals surface area (Å²) < 4.78 is 11.5. The number of aromatic hydroxyl groups is 1. The number of hydrazine groups is 1. The lowest BCUT2D eigenvalue weighted by atomic mass is 10.1. The van der Waals surface area contributed by atoms with Crippen LogP contribution in [0.3, 0.4) is 0 Å². The Kier molecular flexibility index (Phi) is 5.11. The lowest BCUT2D eigenvalue weighted by Crippen LogP contribution is -2.40. The van der Waals surface area contributed by atoms with Crippen LogP contribution in [0.2, 0.25) is 0 Å². The average Bonchev–Trinajstić information content (AvgIpc) is 3.18. The highest BCUT2D eigenvalue weighted by atomic mass is 16.5. The van der Waals surface area contributed by atoms with E-state index in [9.17, 15) is 9.90 Å². The molecule has 0 unspecified atom stereocenters. The Bertz CT molecular complexity index is 724. The zero-order chi connectivity index (χ0) is 18.0. The van der Waals surface area contributed by atoms with Gasteiger partial charge in [-0.05, 0) is 32.1 Å². The fraction of sp³-hybridized carbons (Fsp3) is 0.421. The molecule has 0 amide bonds. The molecule has 1 aromatic carbocycles. The lowest BCUT2D eigenvalue weighted by Gasteiger charge is -2.34. The fourth-order valence-corrected chi connectivity index (χ4v) is 3.31. The van der Waals surface area contributed by atoms with E-state index >= 15 is 0 Å². The smallest absolute Gasteiger partial charge is 0.157 e. The molecular weight excluding hydrogens is 320 g/mol. The highest BCUT2D eigenvalue weighted by Gasteiger charge is 2.29. The van der Waals surface area contributed by atoms with Crippen LogP contribution in [0.25, 0.3) is 0 Å². The minimum absolute atomic E-state index is 0.0736. The van der Waals surface area contributed by atoms with Crippen molar-refractivity contribution in [2.75, 3.05) is 33.4 Å². The molecule has 134 valence electrons. The first kappa shape index (κ1) is 17.5. The number of hydrogen-bond donors (Lipinski definition) is 1. The third-order valence-electron chi connectivity index (χ3n) is 4.47. The number of hydrogen-bond acceptors (Lipinski definition) is 6. The minimum atomic E-state index is -0.0736. The van der Waals surface area contributed by atoms with Gasteiger partial charge < -0.3 is 19.6 Å². The van der Waals surface area contributed by atoms with Crippen molar-refractivity contribution >= 4 is 6.29 Å². The summed E-state index contributed by atoms with van der Waals surface area (Å²) in [6.07, 6.45) is 2.81. The van der Waals surface area contributed by atoms with Gasteiger partial charge in [0, 0.05) is 30.8 Å². The standard InChI is InChI=1S/C19H24N2O4/c1-13(2)21-17(7-8-20(21)3)16-12-24-10-14(16)11-25-19-6-4-5-18(23)15(19)9-22/h4-7,9,13,23H,8,10-12H2,1-3H3. The molecule has 1 aromatic rings. The number of carbonyl (C=O) groups excluding carboxylic acids is 1. The fourth-order valence-electron chi connectivity index (χ4n) is 3.31. The summed E-state index contributed by atoms with van der Waals surface area (Å²) in [5, 5.41) is 14.2. The molecule has 0 aliphatic carbocycles. The molecule has 25 heavy (non-hydrogen) atoms. The Labute approximate surface area is 147 Å². The number of phenolic OH excluding ortho intramolecular Hbond substituents is 1. The van der Waals surface area contributed by atoms with Crippen molar-refractivity contribution in [2.45, 2.75) is 19.9 Å². The lowest BCUT2D eigenvalue weighted by molar-refractivity contribution is 0.0399. The van der Waals surface area contributed by atoms with Crippen LogP contribution in [0.5, 0.6) is 11.5 Å². The summed E-state index contributed by atoms with van der Waals surface area (Å²) in [6.45, 7) is 6.58. The van der Waals surface area contributed by atoms with Crippen LogP contribution in [-0.2, 0) is 4.74 Å². The van der Waals surface area contributed by atoms with Gasteiger partial charge in [0.2, 0.25) is 0 Å². The van der Waals surface area contributed by atoms with Gasteiger partial charge in [0.05, 0.1) is 24.5 Å². The number of ether oxygens (including phenoxy) is 2. The molecule has 0 aromatic heterocycles. The zero-order valence-electron chi connectivity index (χ0n) is 14.9. The molecule has 6 nitrogen and oxygen atoms in total. The Hall–Kier alpha value is -2.31. The van der Waals surface area contributed by atoms with Crippen LogP contribution < -0.4 is 4.74 Å². The Morgan fingerprint density at radius 1 is 1.36 bits per heavy atom. The van der Waals surface area contributed by atoms with Crippen molar-refractivity contribution in [2.24, 2.45) is 0 Å². The molecule has 0 spiro atoms. The minimum Gasteiger partial charge on any atom is -0.507 e. The van der Waals surface area contributed by atoms with Crippen LogP contribution in [0.4, 0.5) is 0 Å². The topological polar surface area (TPSA) is 62.2 Å². The zero-order valence-corrected chi connectivity index (χ0v) is 14.9. The van der Waals surface area contributed by atoms with Crippen LogP contribution in [0, 0.1) is 0 Å².